The summed E-state index contributed by atoms with van der Waals surface area (Å²) in [6.45, 7) is 5.37. The maximum atomic E-state index is 15.2. The summed E-state index contributed by atoms with van der Waals surface area (Å²) in [6, 6.07) is 11.0. The van der Waals surface area contributed by atoms with Crippen LogP contribution in [0, 0.1) is 5.82 Å². The number of amides is 2. The van der Waals surface area contributed by atoms with E-state index in [2.05, 4.69) is 5.32 Å². The van der Waals surface area contributed by atoms with Crippen molar-refractivity contribution in [1.82, 2.24) is 4.90 Å². The van der Waals surface area contributed by atoms with Crippen molar-refractivity contribution < 1.29 is 18.7 Å². The summed E-state index contributed by atoms with van der Waals surface area (Å²) in [5.41, 5.74) is 0.257. The smallest absolute Gasteiger partial charge is 0.412 e. The Labute approximate surface area is 189 Å². The fraction of sp³-hybridized carbons (Fsp3) is 0.318. The molecule has 0 aliphatic carbocycles. The molecule has 2 amide bonds. The maximum absolute atomic E-state index is 15.2. The topological polar surface area (TPSA) is 58.6 Å². The molecule has 2 aromatic carbocycles. The summed E-state index contributed by atoms with van der Waals surface area (Å²) in [5, 5.41) is 3.09. The molecule has 2 aromatic rings. The van der Waals surface area contributed by atoms with E-state index in [4.69, 9.17) is 16.3 Å². The van der Waals surface area contributed by atoms with Crippen LogP contribution >= 0.6 is 32.3 Å². The molecule has 1 fully saturated rings. The number of hydrogen-bond acceptors (Lipinski definition) is 3. The molecule has 158 valence electrons. The first kappa shape index (κ1) is 21.2. The van der Waals surface area contributed by atoms with E-state index in [1.54, 1.807) is 57.2 Å². The summed E-state index contributed by atoms with van der Waals surface area (Å²) < 4.78 is 22.0. The average molecular weight is 543 g/mol. The van der Waals surface area contributed by atoms with Gasteiger partial charge in [-0.25, -0.2) is 9.18 Å². The normalized spacial score (nSPS) is 20.0. The summed E-state index contributed by atoms with van der Waals surface area (Å²) in [4.78, 5) is 27.1. The van der Waals surface area contributed by atoms with Gasteiger partial charge in [0, 0.05) is 22.6 Å². The molecule has 0 saturated carbocycles. The predicted octanol–water partition coefficient (Wildman–Crippen LogP) is 5.58. The summed E-state index contributed by atoms with van der Waals surface area (Å²) in [5.74, 6) is -0.981. The van der Waals surface area contributed by atoms with E-state index in [1.165, 1.54) is 14.5 Å². The van der Waals surface area contributed by atoms with Gasteiger partial charge in [-0.15, -0.1) is 0 Å². The molecule has 2 aliphatic rings. The second-order valence-electron chi connectivity index (χ2n) is 8.14. The highest BCUT2D eigenvalue weighted by Crippen LogP contribution is 2.46. The van der Waals surface area contributed by atoms with Gasteiger partial charge in [0.25, 0.3) is 0 Å². The van der Waals surface area contributed by atoms with Crippen LogP contribution in [0.4, 0.5) is 14.9 Å². The molecule has 1 saturated heterocycles. The molecule has 2 aliphatic heterocycles. The van der Waals surface area contributed by atoms with Gasteiger partial charge in [0.2, 0.25) is 5.91 Å². The number of fused-ring (bicyclic) bond motifs is 1. The van der Waals surface area contributed by atoms with E-state index in [9.17, 15) is 9.59 Å². The van der Waals surface area contributed by atoms with Crippen LogP contribution in [-0.2, 0) is 9.53 Å². The summed E-state index contributed by atoms with van der Waals surface area (Å²) in [7, 11) is 0. The van der Waals surface area contributed by atoms with Crippen molar-refractivity contribution in [3.63, 3.8) is 0 Å². The molecule has 2 heterocycles. The van der Waals surface area contributed by atoms with Gasteiger partial charge in [-0.2, -0.15) is 0 Å². The molecule has 5 nitrogen and oxygen atoms in total. The fourth-order valence-electron chi connectivity index (χ4n) is 3.37. The van der Waals surface area contributed by atoms with Crippen molar-refractivity contribution in [2.45, 2.75) is 42.9 Å². The highest BCUT2D eigenvalue weighted by atomic mass is 127. The first-order valence-electron chi connectivity index (χ1n) is 9.50. The Morgan fingerprint density at radius 3 is 2.57 bits per heavy atom. The lowest BCUT2D eigenvalue weighted by Gasteiger charge is -2.29. The van der Waals surface area contributed by atoms with Crippen LogP contribution in [-0.4, -0.2) is 36.1 Å². The molecule has 0 bridgehead atoms. The standard InChI is InChI=1S/C22H21ClFIN2O3/c1-22(2,3)30-21(29)27-17(11-15-19(27)25-15)20(28)26-16-10-6-8-13(18(16)24)12-7-4-5-9-14(12)23/h4-10,17,19H,11H2,1-3H3,(H,26,28)/t17-,19-/m0/s1. The number of carbonyl (C=O) groups is 2. The third-order valence-corrected chi connectivity index (χ3v) is 8.18. The number of ether oxygens (including phenoxy) is 1. The minimum absolute atomic E-state index is 0.0497. The zero-order valence-electron chi connectivity index (χ0n) is 16.7. The maximum Gasteiger partial charge on any atom is 0.412 e. The molecule has 0 unspecified atom stereocenters. The predicted molar refractivity (Wildman–Crippen MR) is 125 cm³/mol. The van der Waals surface area contributed by atoms with Gasteiger partial charge in [-0.05, 0) is 36.4 Å². The molecule has 30 heavy (non-hydrogen) atoms. The van der Waals surface area contributed by atoms with Gasteiger partial charge in [-0.3, -0.25) is 9.69 Å². The van der Waals surface area contributed by atoms with Gasteiger partial charge < -0.3 is 10.1 Å². The zero-order valence-corrected chi connectivity index (χ0v) is 19.6. The SMILES string of the molecule is CC(C)(C)OC(=O)N1[C@@H]2I=C2C[C@H]1C(=O)Nc1cccc(-c2ccccc2Cl)c1F. The van der Waals surface area contributed by atoms with Crippen molar-refractivity contribution in [1.29, 1.82) is 0 Å². The fourth-order valence-corrected chi connectivity index (χ4v) is 6.33. The third-order valence-electron chi connectivity index (χ3n) is 4.75. The molecule has 8 heteroatoms. The number of halogens is 3. The lowest BCUT2D eigenvalue weighted by Crippen LogP contribution is -2.47. The molecular formula is C22H21ClFIN2O3. The van der Waals surface area contributed by atoms with E-state index < -0.39 is 29.5 Å². The Morgan fingerprint density at radius 1 is 1.17 bits per heavy atom. The highest BCUT2D eigenvalue weighted by molar-refractivity contribution is 14.2. The van der Waals surface area contributed by atoms with E-state index in [-0.39, 0.29) is 30.5 Å². The van der Waals surface area contributed by atoms with Crippen LogP contribution in [0.2, 0.25) is 5.02 Å². The Morgan fingerprint density at radius 2 is 1.87 bits per heavy atom. The number of alkyl halides is 1. The van der Waals surface area contributed by atoms with Crippen LogP contribution in [0.5, 0.6) is 0 Å². The quantitative estimate of drug-likeness (QED) is 0.313. The van der Waals surface area contributed by atoms with E-state index in [0.717, 1.165) is 0 Å². The monoisotopic (exact) mass is 542 g/mol. The molecule has 4 rings (SSSR count). The third kappa shape index (κ3) is 4.23. The zero-order chi connectivity index (χ0) is 21.6. The number of benzene rings is 2. The van der Waals surface area contributed by atoms with Crippen LogP contribution in [0.15, 0.2) is 42.5 Å². The number of likely N-dealkylation sites (tertiary alicyclic amines) is 1. The van der Waals surface area contributed by atoms with E-state index in [1.807, 2.05) is 0 Å². The summed E-state index contributed by atoms with van der Waals surface area (Å²) in [6.07, 6.45) is 0.0274. The number of anilines is 1. The van der Waals surface area contributed by atoms with Gasteiger partial charge in [-0.1, -0.05) is 62.7 Å². The van der Waals surface area contributed by atoms with Crippen LogP contribution in [0.1, 0.15) is 27.2 Å². The number of hydrogen-bond donors (Lipinski definition) is 1. The van der Waals surface area contributed by atoms with Gasteiger partial charge >= 0.3 is 6.09 Å². The van der Waals surface area contributed by atoms with Crippen molar-refractivity contribution >= 4 is 53.5 Å². The second-order valence-corrected chi connectivity index (χ2v) is 11.7. The van der Waals surface area contributed by atoms with Gasteiger partial charge in [0.15, 0.2) is 5.82 Å². The molecule has 1 N–H and O–H groups in total. The largest absolute Gasteiger partial charge is 0.444 e. The minimum Gasteiger partial charge on any atom is -0.444 e. The lowest BCUT2D eigenvalue weighted by molar-refractivity contribution is -0.120. The van der Waals surface area contributed by atoms with Crippen molar-refractivity contribution in [2.75, 3.05) is 5.32 Å². The molecule has 0 aromatic heterocycles. The van der Waals surface area contributed by atoms with Gasteiger partial charge in [0.05, 0.1) is 5.69 Å². The van der Waals surface area contributed by atoms with Crippen molar-refractivity contribution in [3.05, 3.63) is 53.3 Å². The number of rotatable bonds is 3. The summed E-state index contributed by atoms with van der Waals surface area (Å²) >= 11 is 6.00. The van der Waals surface area contributed by atoms with Crippen LogP contribution in [0.25, 0.3) is 11.1 Å². The minimum atomic E-state index is -0.684. The van der Waals surface area contributed by atoms with Crippen LogP contribution < -0.4 is 5.32 Å². The van der Waals surface area contributed by atoms with Crippen LogP contribution in [0.3, 0.4) is 0 Å². The van der Waals surface area contributed by atoms with Gasteiger partial charge in [0.1, 0.15) is 15.7 Å². The Balaban J connectivity index is 1.56. The van der Waals surface area contributed by atoms with Crippen molar-refractivity contribution in [3.8, 4) is 11.1 Å². The Hall–Kier alpha value is -2.00. The molecule has 0 radical (unpaired) electrons. The molecule has 0 spiro atoms. The van der Waals surface area contributed by atoms with E-state index in [0.29, 0.717) is 22.6 Å². The number of carbonyl (C=O) groups excluding carboxylic acids is 2. The molecular weight excluding hydrogens is 522 g/mol. The lowest BCUT2D eigenvalue weighted by atomic mass is 10.0. The number of nitrogens with zero attached hydrogens (tertiary/aromatic N) is 1. The van der Waals surface area contributed by atoms with Crippen molar-refractivity contribution in [2.24, 2.45) is 0 Å². The highest BCUT2D eigenvalue weighted by Gasteiger charge is 2.51. The first-order valence-corrected chi connectivity index (χ1v) is 12.2. The van der Waals surface area contributed by atoms with E-state index >= 15 is 4.39 Å². The Bertz CT molecular complexity index is 1070. The molecule has 2 atom stereocenters. The Kier molecular flexibility index (Phi) is 5.61. The average Bonchev–Trinajstić information content (AvgIpc) is 3.32. The first-order chi connectivity index (χ1) is 14.2. The number of nitrogens with one attached hydrogen (secondary N) is 1. The second kappa shape index (κ2) is 7.92.